The molecule has 2 aromatic carbocycles. The van der Waals surface area contributed by atoms with E-state index in [4.69, 9.17) is 10.1 Å². The van der Waals surface area contributed by atoms with Crippen molar-refractivity contribution in [2.24, 2.45) is 0 Å². The van der Waals surface area contributed by atoms with Crippen LogP contribution < -0.4 is 4.74 Å². The lowest BCUT2D eigenvalue weighted by molar-refractivity contribution is 0.346. The molecule has 132 valence electrons. The maximum absolute atomic E-state index is 10.4. The lowest BCUT2D eigenvalue weighted by atomic mass is 10.2. The summed E-state index contributed by atoms with van der Waals surface area (Å²) in [7, 11) is 1.63. The average molecular weight is 348 g/mol. The molecule has 0 radical (unpaired) electrons. The Bertz CT molecular complexity index is 1020. The van der Waals surface area contributed by atoms with Crippen LogP contribution in [0.2, 0.25) is 0 Å². The molecule has 1 aliphatic rings. The van der Waals surface area contributed by atoms with Crippen LogP contribution in [0.5, 0.6) is 5.75 Å². The summed E-state index contributed by atoms with van der Waals surface area (Å²) < 4.78 is 5.17. The second kappa shape index (κ2) is 6.22. The molecular weight excluding hydrogens is 328 g/mol. The molecule has 4 rings (SSSR count). The fourth-order valence-corrected chi connectivity index (χ4v) is 3.21. The number of aliphatic hydroxyl groups is 1. The summed E-state index contributed by atoms with van der Waals surface area (Å²) >= 11 is 0. The molecule has 26 heavy (non-hydrogen) atoms. The number of fused-ring (bicyclic) bond motifs is 1. The van der Waals surface area contributed by atoms with Gasteiger partial charge in [0, 0.05) is 6.54 Å². The Labute approximate surface area is 151 Å². The molecule has 0 amide bonds. The lowest BCUT2D eigenvalue weighted by Crippen LogP contribution is -2.26. The van der Waals surface area contributed by atoms with Gasteiger partial charge >= 0.3 is 0 Å². The maximum Gasteiger partial charge on any atom is 0.145 e. The molecule has 0 saturated heterocycles. The summed E-state index contributed by atoms with van der Waals surface area (Å²) in [5, 5.41) is 18.9. The molecule has 3 aromatic rings. The number of nitrogens with one attached hydrogen (secondary N) is 2. The van der Waals surface area contributed by atoms with E-state index in [1.54, 1.807) is 7.11 Å². The number of aromatic nitrogens is 2. The summed E-state index contributed by atoms with van der Waals surface area (Å²) in [5.41, 5.74) is 4.37. The molecule has 0 bridgehead atoms. The molecular formula is C20H20N4O2. The van der Waals surface area contributed by atoms with Crippen LogP contribution in [0, 0.1) is 12.3 Å². The molecule has 0 saturated carbocycles. The molecule has 0 aliphatic carbocycles. The van der Waals surface area contributed by atoms with Crippen molar-refractivity contribution in [2.45, 2.75) is 13.5 Å². The van der Waals surface area contributed by atoms with Gasteiger partial charge in [-0.1, -0.05) is 18.2 Å². The Hall–Kier alpha value is -3.28. The monoisotopic (exact) mass is 348 g/mol. The fraction of sp³-hybridized carbons (Fsp3) is 0.200. The zero-order valence-corrected chi connectivity index (χ0v) is 14.7. The highest BCUT2D eigenvalue weighted by molar-refractivity contribution is 6.23. The number of nitrogens with zero attached hydrogens (tertiary/aromatic N) is 2. The summed E-state index contributed by atoms with van der Waals surface area (Å²) in [6.07, 6.45) is 0. The molecule has 0 atom stereocenters. The first kappa shape index (κ1) is 16.2. The Morgan fingerprint density at radius 1 is 1.23 bits per heavy atom. The van der Waals surface area contributed by atoms with Gasteiger partial charge in [-0.2, -0.15) is 0 Å². The van der Waals surface area contributed by atoms with Gasteiger partial charge in [0.1, 0.15) is 23.2 Å². The van der Waals surface area contributed by atoms with Gasteiger partial charge in [0.2, 0.25) is 0 Å². The van der Waals surface area contributed by atoms with Crippen LogP contribution in [-0.4, -0.2) is 39.5 Å². The van der Waals surface area contributed by atoms with Crippen LogP contribution in [0.1, 0.15) is 17.0 Å². The predicted molar refractivity (Wildman–Crippen MR) is 102 cm³/mol. The highest BCUT2D eigenvalue weighted by atomic mass is 16.5. The molecule has 1 aromatic heterocycles. The van der Waals surface area contributed by atoms with E-state index in [1.807, 2.05) is 54.3 Å². The van der Waals surface area contributed by atoms with Gasteiger partial charge in [-0.05, 0) is 42.3 Å². The van der Waals surface area contributed by atoms with Gasteiger partial charge in [-0.15, -0.1) is 0 Å². The summed E-state index contributed by atoms with van der Waals surface area (Å²) in [5.74, 6) is 1.77. The minimum atomic E-state index is 0.166. The Morgan fingerprint density at radius 2 is 2.00 bits per heavy atom. The van der Waals surface area contributed by atoms with E-state index >= 15 is 0 Å². The quantitative estimate of drug-likeness (QED) is 0.672. The average Bonchev–Trinajstić information content (AvgIpc) is 3.15. The van der Waals surface area contributed by atoms with Crippen molar-refractivity contribution in [1.82, 2.24) is 14.9 Å². The molecule has 0 unspecified atom stereocenters. The van der Waals surface area contributed by atoms with E-state index in [2.05, 4.69) is 9.97 Å². The minimum Gasteiger partial charge on any atom is -0.510 e. The van der Waals surface area contributed by atoms with Gasteiger partial charge in [0.25, 0.3) is 0 Å². The van der Waals surface area contributed by atoms with Gasteiger partial charge in [-0.3, -0.25) is 5.41 Å². The Morgan fingerprint density at radius 3 is 2.73 bits per heavy atom. The van der Waals surface area contributed by atoms with Crippen molar-refractivity contribution < 1.29 is 9.84 Å². The van der Waals surface area contributed by atoms with Crippen LogP contribution in [0.15, 0.2) is 48.2 Å². The number of ether oxygens (including phenoxy) is 1. The zero-order chi connectivity index (χ0) is 18.3. The number of aryl methyl sites for hydroxylation is 1. The number of amidine groups is 1. The summed E-state index contributed by atoms with van der Waals surface area (Å²) in [6.45, 7) is 2.86. The minimum absolute atomic E-state index is 0.166. The third-order valence-electron chi connectivity index (χ3n) is 4.59. The number of hydrogen-bond donors (Lipinski definition) is 3. The van der Waals surface area contributed by atoms with Gasteiger partial charge in [0.15, 0.2) is 0 Å². The number of H-pyrrole nitrogens is 1. The second-order valence-electron chi connectivity index (χ2n) is 6.48. The number of aromatic amines is 1. The van der Waals surface area contributed by atoms with Gasteiger partial charge < -0.3 is 19.7 Å². The fourth-order valence-electron chi connectivity index (χ4n) is 3.21. The van der Waals surface area contributed by atoms with Crippen molar-refractivity contribution in [3.8, 4) is 5.75 Å². The number of rotatable bonds is 4. The summed E-state index contributed by atoms with van der Waals surface area (Å²) in [4.78, 5) is 9.59. The Kier molecular flexibility index (Phi) is 3.88. The van der Waals surface area contributed by atoms with Crippen LogP contribution >= 0.6 is 0 Å². The predicted octanol–water partition coefficient (Wildman–Crippen LogP) is 3.64. The molecule has 0 fully saturated rings. The molecule has 6 heteroatoms. The number of benzene rings is 2. The zero-order valence-electron chi connectivity index (χ0n) is 14.7. The van der Waals surface area contributed by atoms with Crippen LogP contribution in [-0.2, 0) is 6.54 Å². The highest BCUT2D eigenvalue weighted by Crippen LogP contribution is 2.28. The first-order valence-corrected chi connectivity index (χ1v) is 8.41. The first-order valence-electron chi connectivity index (χ1n) is 8.41. The van der Waals surface area contributed by atoms with Crippen LogP contribution in [0.4, 0.5) is 0 Å². The number of imidazole rings is 1. The van der Waals surface area contributed by atoms with Crippen molar-refractivity contribution in [3.05, 3.63) is 65.2 Å². The van der Waals surface area contributed by atoms with E-state index in [0.29, 0.717) is 24.5 Å². The Balaban J connectivity index is 1.59. The van der Waals surface area contributed by atoms with Crippen LogP contribution in [0.3, 0.4) is 0 Å². The third-order valence-corrected chi connectivity index (χ3v) is 4.59. The molecule has 0 spiro atoms. The van der Waals surface area contributed by atoms with Crippen molar-refractivity contribution in [2.75, 3.05) is 13.7 Å². The van der Waals surface area contributed by atoms with E-state index in [1.165, 1.54) is 0 Å². The van der Waals surface area contributed by atoms with E-state index < -0.39 is 0 Å². The van der Waals surface area contributed by atoms with Crippen molar-refractivity contribution in [1.29, 1.82) is 5.41 Å². The number of aliphatic hydroxyl groups excluding tert-OH is 1. The molecule has 2 heterocycles. The normalized spacial score (nSPS) is 14.5. The standard InChI is InChI=1S/C20H20N4O2/c1-12-3-8-15-16(9-12)23-20(22-15)18-17(25)11-24(19(18)21)10-13-4-6-14(26-2)7-5-13/h3-9,21,25H,10-11H2,1-2H3,(H,22,23). The molecule has 6 nitrogen and oxygen atoms in total. The van der Waals surface area contributed by atoms with Crippen molar-refractivity contribution >= 4 is 22.4 Å². The lowest BCUT2D eigenvalue weighted by Gasteiger charge is -2.18. The largest absolute Gasteiger partial charge is 0.510 e. The van der Waals surface area contributed by atoms with Crippen molar-refractivity contribution in [3.63, 3.8) is 0 Å². The maximum atomic E-state index is 10.4. The molecule has 3 N–H and O–H groups in total. The van der Waals surface area contributed by atoms with E-state index in [-0.39, 0.29) is 11.6 Å². The van der Waals surface area contributed by atoms with Crippen LogP contribution in [0.25, 0.3) is 16.6 Å². The SMILES string of the molecule is COc1ccc(CN2CC(O)=C(c3nc4ccc(C)cc4[nH]3)C2=N)cc1. The second-order valence-corrected chi connectivity index (χ2v) is 6.48. The number of hydrogen-bond acceptors (Lipinski definition) is 4. The van der Waals surface area contributed by atoms with Gasteiger partial charge in [-0.25, -0.2) is 4.98 Å². The topological polar surface area (TPSA) is 85.2 Å². The first-order chi connectivity index (χ1) is 12.5. The van der Waals surface area contributed by atoms with E-state index in [0.717, 1.165) is 27.9 Å². The summed E-state index contributed by atoms with van der Waals surface area (Å²) in [6, 6.07) is 13.7. The highest BCUT2D eigenvalue weighted by Gasteiger charge is 2.30. The third kappa shape index (κ3) is 2.79. The van der Waals surface area contributed by atoms with E-state index in [9.17, 15) is 5.11 Å². The smallest absolute Gasteiger partial charge is 0.145 e. The van der Waals surface area contributed by atoms with Gasteiger partial charge in [0.05, 0.1) is 30.3 Å². The number of methoxy groups -OCH3 is 1. The molecule has 1 aliphatic heterocycles.